The first-order valence-corrected chi connectivity index (χ1v) is 7.82. The van der Waals surface area contributed by atoms with Crippen LogP contribution in [0.2, 0.25) is 0 Å². The summed E-state index contributed by atoms with van der Waals surface area (Å²) in [5, 5.41) is 3.35. The van der Waals surface area contributed by atoms with Crippen LogP contribution in [0.4, 0.5) is 0 Å². The number of alkyl halides is 1. The van der Waals surface area contributed by atoms with Gasteiger partial charge in [-0.1, -0.05) is 18.2 Å². The largest absolute Gasteiger partial charge is 0.341 e. The van der Waals surface area contributed by atoms with Crippen LogP contribution in [0.15, 0.2) is 29.6 Å². The molecular weight excluding hydrogens is 278 g/mol. The summed E-state index contributed by atoms with van der Waals surface area (Å²) >= 11 is 7.61. The number of nitrogens with zero attached hydrogens (tertiary/aromatic N) is 1. The maximum Gasteiger partial charge on any atom is 0.255 e. The molecule has 1 saturated carbocycles. The highest BCUT2D eigenvalue weighted by molar-refractivity contribution is 7.17. The van der Waals surface area contributed by atoms with Gasteiger partial charge in [-0.25, -0.2) is 0 Å². The summed E-state index contributed by atoms with van der Waals surface area (Å²) in [7, 11) is 1.89. The molecule has 0 bridgehead atoms. The van der Waals surface area contributed by atoms with Crippen LogP contribution in [0, 0.1) is 5.92 Å². The van der Waals surface area contributed by atoms with Crippen molar-refractivity contribution in [3.05, 3.63) is 35.2 Å². The van der Waals surface area contributed by atoms with Gasteiger partial charge < -0.3 is 4.90 Å². The third kappa shape index (κ3) is 2.49. The molecule has 1 amide bonds. The first-order chi connectivity index (χ1) is 9.15. The highest BCUT2D eigenvalue weighted by Crippen LogP contribution is 2.33. The Bertz CT molecular complexity index is 603. The van der Waals surface area contributed by atoms with Crippen molar-refractivity contribution in [1.82, 2.24) is 4.90 Å². The van der Waals surface area contributed by atoms with Gasteiger partial charge in [-0.05, 0) is 24.8 Å². The Labute approximate surface area is 122 Å². The van der Waals surface area contributed by atoms with Crippen LogP contribution in [-0.2, 0) is 0 Å². The van der Waals surface area contributed by atoms with Crippen molar-refractivity contribution in [2.45, 2.75) is 18.2 Å². The van der Waals surface area contributed by atoms with Crippen LogP contribution in [-0.4, -0.2) is 29.8 Å². The van der Waals surface area contributed by atoms with E-state index in [2.05, 4.69) is 6.07 Å². The van der Waals surface area contributed by atoms with Gasteiger partial charge in [0.05, 0.1) is 5.56 Å². The smallest absolute Gasteiger partial charge is 0.255 e. The summed E-state index contributed by atoms with van der Waals surface area (Å²) in [6.07, 6.45) is 2.06. The second-order valence-corrected chi connectivity index (χ2v) is 6.79. The molecular formula is C15H16ClNOS. The molecule has 1 heterocycles. The Balaban J connectivity index is 1.75. The minimum absolute atomic E-state index is 0.121. The molecule has 0 aliphatic heterocycles. The quantitative estimate of drug-likeness (QED) is 0.784. The predicted octanol–water partition coefficient (Wildman–Crippen LogP) is 3.99. The zero-order valence-corrected chi connectivity index (χ0v) is 12.4. The van der Waals surface area contributed by atoms with E-state index in [1.807, 2.05) is 35.5 Å². The molecule has 2 nitrogen and oxygen atoms in total. The number of hydrogen-bond acceptors (Lipinski definition) is 2. The predicted molar refractivity (Wildman–Crippen MR) is 81.2 cm³/mol. The van der Waals surface area contributed by atoms with Crippen molar-refractivity contribution in [3.8, 4) is 0 Å². The Morgan fingerprint density at radius 1 is 1.42 bits per heavy atom. The molecule has 0 unspecified atom stereocenters. The molecule has 1 aliphatic rings. The highest BCUT2D eigenvalue weighted by atomic mass is 35.5. The normalized spacial score (nSPS) is 22.2. The van der Waals surface area contributed by atoms with Crippen molar-refractivity contribution in [1.29, 1.82) is 0 Å². The molecule has 2 aromatic rings. The lowest BCUT2D eigenvalue weighted by molar-refractivity contribution is 0.0749. The zero-order valence-electron chi connectivity index (χ0n) is 10.8. The number of amides is 1. The van der Waals surface area contributed by atoms with Crippen LogP contribution in [0.3, 0.4) is 0 Å². The molecule has 0 spiro atoms. The van der Waals surface area contributed by atoms with Crippen LogP contribution in [0.25, 0.3) is 10.1 Å². The highest BCUT2D eigenvalue weighted by Gasteiger charge is 2.29. The van der Waals surface area contributed by atoms with E-state index >= 15 is 0 Å². The molecule has 1 aromatic carbocycles. The van der Waals surface area contributed by atoms with E-state index < -0.39 is 0 Å². The zero-order chi connectivity index (χ0) is 13.4. The van der Waals surface area contributed by atoms with E-state index in [0.29, 0.717) is 11.3 Å². The van der Waals surface area contributed by atoms with Gasteiger partial charge in [-0.15, -0.1) is 22.9 Å². The van der Waals surface area contributed by atoms with Crippen molar-refractivity contribution in [2.75, 3.05) is 13.6 Å². The number of carbonyl (C=O) groups excluding carboxylic acids is 1. The van der Waals surface area contributed by atoms with Crippen LogP contribution < -0.4 is 0 Å². The molecule has 0 saturated heterocycles. The fourth-order valence-corrected chi connectivity index (χ4v) is 4.06. The Morgan fingerprint density at radius 3 is 2.89 bits per heavy atom. The van der Waals surface area contributed by atoms with Gasteiger partial charge in [0.15, 0.2) is 0 Å². The lowest BCUT2D eigenvalue weighted by atomic mass is 9.84. The van der Waals surface area contributed by atoms with Crippen LogP contribution >= 0.6 is 22.9 Å². The number of carbonyl (C=O) groups is 1. The minimum Gasteiger partial charge on any atom is -0.341 e. The van der Waals surface area contributed by atoms with Crippen molar-refractivity contribution >= 4 is 38.9 Å². The Kier molecular flexibility index (Phi) is 3.50. The third-order valence-corrected chi connectivity index (χ3v) is 5.09. The molecule has 3 rings (SSSR count). The molecule has 1 fully saturated rings. The van der Waals surface area contributed by atoms with Crippen molar-refractivity contribution in [3.63, 3.8) is 0 Å². The average Bonchev–Trinajstić information content (AvgIpc) is 2.79. The molecule has 4 heteroatoms. The molecule has 0 radical (unpaired) electrons. The van der Waals surface area contributed by atoms with Gasteiger partial charge in [0.1, 0.15) is 0 Å². The summed E-state index contributed by atoms with van der Waals surface area (Å²) in [6, 6.07) is 8.06. The van der Waals surface area contributed by atoms with E-state index in [4.69, 9.17) is 11.6 Å². The SMILES string of the molecule is CN(CC1CC(Cl)C1)C(=O)c1csc2ccccc12. The van der Waals surface area contributed by atoms with Crippen molar-refractivity contribution < 1.29 is 4.79 Å². The Morgan fingerprint density at radius 2 is 2.16 bits per heavy atom. The number of benzene rings is 1. The summed E-state index contributed by atoms with van der Waals surface area (Å²) in [5.41, 5.74) is 0.824. The monoisotopic (exact) mass is 293 g/mol. The molecule has 19 heavy (non-hydrogen) atoms. The third-order valence-electron chi connectivity index (χ3n) is 3.77. The van der Waals surface area contributed by atoms with Crippen LogP contribution in [0.1, 0.15) is 23.2 Å². The second-order valence-electron chi connectivity index (χ2n) is 5.27. The first kappa shape index (κ1) is 12.9. The van der Waals surface area contributed by atoms with Gasteiger partial charge in [0, 0.05) is 34.4 Å². The maximum absolute atomic E-state index is 12.5. The van der Waals surface area contributed by atoms with Gasteiger partial charge in [-0.2, -0.15) is 0 Å². The summed E-state index contributed by atoms with van der Waals surface area (Å²) in [6.45, 7) is 0.812. The molecule has 0 N–H and O–H groups in total. The number of thiophene rings is 1. The first-order valence-electron chi connectivity index (χ1n) is 6.51. The van der Waals surface area contributed by atoms with Gasteiger partial charge in [0.25, 0.3) is 5.91 Å². The summed E-state index contributed by atoms with van der Waals surface area (Å²) in [5.74, 6) is 0.692. The molecule has 0 atom stereocenters. The Hall–Kier alpha value is -1.06. The molecule has 1 aromatic heterocycles. The second kappa shape index (κ2) is 5.14. The fourth-order valence-electron chi connectivity index (χ4n) is 2.62. The summed E-state index contributed by atoms with van der Waals surface area (Å²) in [4.78, 5) is 14.3. The van der Waals surface area contributed by atoms with Gasteiger partial charge >= 0.3 is 0 Å². The molecule has 100 valence electrons. The number of rotatable bonds is 3. The number of halogens is 1. The number of fused-ring (bicyclic) bond motifs is 1. The van der Waals surface area contributed by atoms with Crippen LogP contribution in [0.5, 0.6) is 0 Å². The lowest BCUT2D eigenvalue weighted by Gasteiger charge is -2.34. The van der Waals surface area contributed by atoms with Crippen molar-refractivity contribution in [2.24, 2.45) is 5.92 Å². The maximum atomic E-state index is 12.5. The van der Waals surface area contributed by atoms with E-state index in [9.17, 15) is 4.79 Å². The minimum atomic E-state index is 0.121. The van der Waals surface area contributed by atoms with Gasteiger partial charge in [-0.3, -0.25) is 4.79 Å². The number of hydrogen-bond donors (Lipinski definition) is 0. The van der Waals surface area contributed by atoms with E-state index in [1.165, 1.54) is 4.70 Å². The standard InChI is InChI=1S/C15H16ClNOS/c1-17(8-10-6-11(16)7-10)15(18)13-9-19-14-5-3-2-4-12(13)14/h2-5,9-11H,6-8H2,1H3. The topological polar surface area (TPSA) is 20.3 Å². The molecule has 1 aliphatic carbocycles. The van der Waals surface area contributed by atoms with Gasteiger partial charge in [0.2, 0.25) is 0 Å². The van der Waals surface area contributed by atoms with E-state index in [0.717, 1.165) is 30.3 Å². The lowest BCUT2D eigenvalue weighted by Crippen LogP contribution is -2.37. The summed E-state index contributed by atoms with van der Waals surface area (Å²) < 4.78 is 1.17. The fraction of sp³-hybridized carbons (Fsp3) is 0.400. The van der Waals surface area contributed by atoms with E-state index in [1.54, 1.807) is 11.3 Å². The van der Waals surface area contributed by atoms with E-state index in [-0.39, 0.29) is 5.91 Å². The average molecular weight is 294 g/mol.